The van der Waals surface area contributed by atoms with Gasteiger partial charge in [-0.15, -0.1) is 11.8 Å². The van der Waals surface area contributed by atoms with E-state index in [4.69, 9.17) is 0 Å². The number of aliphatic hydroxyl groups excluding tert-OH is 1. The summed E-state index contributed by atoms with van der Waals surface area (Å²) >= 11 is 1.67. The minimum Gasteiger partial charge on any atom is -0.394 e. The van der Waals surface area contributed by atoms with Crippen LogP contribution in [0.4, 0.5) is 0 Å². The van der Waals surface area contributed by atoms with Gasteiger partial charge in [0.05, 0.1) is 29.2 Å². The van der Waals surface area contributed by atoms with Gasteiger partial charge in [-0.05, 0) is 25.2 Å². The predicted octanol–water partition coefficient (Wildman–Crippen LogP) is 1.15. The SMILES string of the molecule is CCCCNC(=O)C1N([C@@H](CO)[C@@H](C)CC)C(=O)[C@@H]2[C@H](C(=O)NC)[C@@H]3CCC12S3. The van der Waals surface area contributed by atoms with Crippen molar-refractivity contribution in [2.24, 2.45) is 17.8 Å². The summed E-state index contributed by atoms with van der Waals surface area (Å²) in [6.45, 7) is 6.50. The first kappa shape index (κ1) is 22.4. The van der Waals surface area contributed by atoms with Crippen molar-refractivity contribution in [3.8, 4) is 0 Å². The van der Waals surface area contributed by atoms with E-state index in [-0.39, 0.29) is 35.5 Å². The molecule has 0 saturated carbocycles. The van der Waals surface area contributed by atoms with Crippen LogP contribution in [0.1, 0.15) is 52.9 Å². The number of carbonyl (C=O) groups is 3. The molecule has 3 aliphatic heterocycles. The van der Waals surface area contributed by atoms with E-state index < -0.39 is 28.7 Å². The molecule has 2 unspecified atom stereocenters. The third kappa shape index (κ3) is 3.46. The lowest BCUT2D eigenvalue weighted by Crippen LogP contribution is -2.57. The number of nitrogens with one attached hydrogen (secondary N) is 2. The molecule has 2 bridgehead atoms. The molecular formula is C21H35N3O4S. The Bertz CT molecular complexity index is 660. The Hall–Kier alpha value is -1.28. The van der Waals surface area contributed by atoms with E-state index in [0.717, 1.165) is 32.1 Å². The third-order valence-electron chi connectivity index (χ3n) is 7.21. The van der Waals surface area contributed by atoms with Gasteiger partial charge in [0.25, 0.3) is 0 Å². The summed E-state index contributed by atoms with van der Waals surface area (Å²) in [6, 6.07) is -1.05. The van der Waals surface area contributed by atoms with Crippen LogP contribution in [0.5, 0.6) is 0 Å². The summed E-state index contributed by atoms with van der Waals surface area (Å²) < 4.78 is -0.573. The molecule has 164 valence electrons. The Kier molecular flexibility index (Phi) is 6.83. The fourth-order valence-corrected chi connectivity index (χ4v) is 7.72. The molecule has 1 spiro atoms. The molecule has 3 rings (SSSR count). The van der Waals surface area contributed by atoms with Crippen molar-refractivity contribution < 1.29 is 19.5 Å². The second-order valence-corrected chi connectivity index (χ2v) is 10.3. The predicted molar refractivity (Wildman–Crippen MR) is 113 cm³/mol. The number of unbranched alkanes of at least 4 members (excludes halogenated alkanes) is 1. The minimum atomic E-state index is -0.632. The average molecular weight is 426 g/mol. The van der Waals surface area contributed by atoms with Crippen LogP contribution in [0.25, 0.3) is 0 Å². The van der Waals surface area contributed by atoms with Crippen molar-refractivity contribution >= 4 is 29.5 Å². The molecule has 3 saturated heterocycles. The highest BCUT2D eigenvalue weighted by Gasteiger charge is 2.74. The minimum absolute atomic E-state index is 0.0609. The van der Waals surface area contributed by atoms with Gasteiger partial charge in [-0.1, -0.05) is 33.6 Å². The largest absolute Gasteiger partial charge is 0.394 e. The number of likely N-dealkylation sites (tertiary alicyclic amines) is 1. The van der Waals surface area contributed by atoms with Crippen molar-refractivity contribution in [2.45, 2.75) is 75.0 Å². The number of carbonyl (C=O) groups excluding carboxylic acids is 3. The molecular weight excluding hydrogens is 390 g/mol. The second-order valence-electron chi connectivity index (χ2n) is 8.70. The fraction of sp³-hybridized carbons (Fsp3) is 0.857. The molecule has 7 nitrogen and oxygen atoms in total. The van der Waals surface area contributed by atoms with Gasteiger partial charge < -0.3 is 20.6 Å². The molecule has 0 aliphatic carbocycles. The maximum absolute atomic E-state index is 13.7. The summed E-state index contributed by atoms with van der Waals surface area (Å²) in [5, 5.41) is 16.0. The maximum Gasteiger partial charge on any atom is 0.244 e. The van der Waals surface area contributed by atoms with Crippen LogP contribution in [0.2, 0.25) is 0 Å². The Balaban J connectivity index is 2.02. The van der Waals surface area contributed by atoms with Crippen LogP contribution in [-0.2, 0) is 14.4 Å². The summed E-state index contributed by atoms with van der Waals surface area (Å²) in [5.74, 6) is -1.22. The Morgan fingerprint density at radius 1 is 1.34 bits per heavy atom. The molecule has 0 aromatic heterocycles. The quantitative estimate of drug-likeness (QED) is 0.481. The molecule has 3 fully saturated rings. The van der Waals surface area contributed by atoms with Crippen LogP contribution in [0, 0.1) is 17.8 Å². The first-order valence-electron chi connectivity index (χ1n) is 11.0. The van der Waals surface area contributed by atoms with Gasteiger partial charge in [0, 0.05) is 18.8 Å². The van der Waals surface area contributed by atoms with Crippen LogP contribution in [0.3, 0.4) is 0 Å². The summed E-state index contributed by atoms with van der Waals surface area (Å²) in [6.07, 6.45) is 4.25. The molecule has 3 amide bonds. The van der Waals surface area contributed by atoms with Crippen molar-refractivity contribution in [1.82, 2.24) is 15.5 Å². The van der Waals surface area contributed by atoms with Crippen molar-refractivity contribution in [3.05, 3.63) is 0 Å². The molecule has 8 heteroatoms. The molecule has 3 heterocycles. The van der Waals surface area contributed by atoms with E-state index in [1.165, 1.54) is 0 Å². The molecule has 3 N–H and O–H groups in total. The summed E-state index contributed by atoms with van der Waals surface area (Å²) in [7, 11) is 1.60. The molecule has 3 aliphatic rings. The number of amides is 3. The molecule has 0 aromatic carbocycles. The summed E-state index contributed by atoms with van der Waals surface area (Å²) in [5.41, 5.74) is 0. The standard InChI is InChI=1S/C21H35N3O4S/c1-5-7-10-23-19(27)17-21-9-8-14(29-21)15(18(26)22-4)16(21)20(28)24(17)13(11-25)12(3)6-2/h12-17,25H,5-11H2,1-4H3,(H,22,26)(H,23,27)/t12-,13-,14-,15+,16-,17?,21?/m0/s1. The highest BCUT2D eigenvalue weighted by atomic mass is 32.2. The van der Waals surface area contributed by atoms with Crippen LogP contribution >= 0.6 is 11.8 Å². The number of hydrogen-bond donors (Lipinski definition) is 3. The van der Waals surface area contributed by atoms with E-state index in [1.807, 2.05) is 13.8 Å². The van der Waals surface area contributed by atoms with Crippen molar-refractivity contribution in [1.29, 1.82) is 0 Å². The highest BCUT2D eigenvalue weighted by Crippen LogP contribution is 2.66. The van der Waals surface area contributed by atoms with Crippen LogP contribution < -0.4 is 10.6 Å². The number of rotatable bonds is 9. The van der Waals surface area contributed by atoms with Crippen molar-refractivity contribution in [3.63, 3.8) is 0 Å². The van der Waals surface area contributed by atoms with Gasteiger partial charge in [0.2, 0.25) is 17.7 Å². The number of hydrogen-bond acceptors (Lipinski definition) is 5. The lowest BCUT2D eigenvalue weighted by atomic mass is 9.71. The number of nitrogens with zero attached hydrogens (tertiary/aromatic N) is 1. The highest BCUT2D eigenvalue weighted by molar-refractivity contribution is 8.02. The number of fused-ring (bicyclic) bond motifs is 1. The van der Waals surface area contributed by atoms with Gasteiger partial charge in [0.1, 0.15) is 6.04 Å². The molecule has 0 aromatic rings. The average Bonchev–Trinajstić information content (AvgIpc) is 3.36. The van der Waals surface area contributed by atoms with E-state index >= 15 is 0 Å². The molecule has 29 heavy (non-hydrogen) atoms. The van der Waals surface area contributed by atoms with Crippen molar-refractivity contribution in [2.75, 3.05) is 20.2 Å². The first-order valence-corrected chi connectivity index (χ1v) is 11.9. The monoisotopic (exact) mass is 425 g/mol. The van der Waals surface area contributed by atoms with Gasteiger partial charge in [-0.3, -0.25) is 14.4 Å². The maximum atomic E-state index is 13.7. The van der Waals surface area contributed by atoms with Gasteiger partial charge in [0.15, 0.2) is 0 Å². The van der Waals surface area contributed by atoms with E-state index in [2.05, 4.69) is 17.6 Å². The summed E-state index contributed by atoms with van der Waals surface area (Å²) in [4.78, 5) is 41.4. The lowest BCUT2D eigenvalue weighted by molar-refractivity contribution is -0.143. The van der Waals surface area contributed by atoms with Gasteiger partial charge in [-0.25, -0.2) is 0 Å². The zero-order chi connectivity index (χ0) is 21.3. The van der Waals surface area contributed by atoms with Gasteiger partial charge >= 0.3 is 0 Å². The normalized spacial score (nSPS) is 34.8. The fourth-order valence-electron chi connectivity index (χ4n) is 5.51. The first-order chi connectivity index (χ1) is 13.9. The Labute approximate surface area is 177 Å². The zero-order valence-electron chi connectivity index (χ0n) is 17.9. The lowest BCUT2D eigenvalue weighted by Gasteiger charge is -2.39. The molecule has 7 atom stereocenters. The number of aliphatic hydroxyl groups is 1. The van der Waals surface area contributed by atoms with E-state index in [1.54, 1.807) is 23.7 Å². The third-order valence-corrected chi connectivity index (χ3v) is 9.16. The number of thioether (sulfide) groups is 1. The van der Waals surface area contributed by atoms with Crippen LogP contribution in [-0.4, -0.2) is 70.0 Å². The topological polar surface area (TPSA) is 98.7 Å². The van der Waals surface area contributed by atoms with E-state index in [9.17, 15) is 19.5 Å². The molecule has 0 radical (unpaired) electrons. The van der Waals surface area contributed by atoms with Gasteiger partial charge in [-0.2, -0.15) is 0 Å². The zero-order valence-corrected chi connectivity index (χ0v) is 18.8. The second kappa shape index (κ2) is 8.84. The van der Waals surface area contributed by atoms with E-state index in [0.29, 0.717) is 6.54 Å². The van der Waals surface area contributed by atoms with Crippen LogP contribution in [0.15, 0.2) is 0 Å². The Morgan fingerprint density at radius 3 is 2.66 bits per heavy atom. The smallest absolute Gasteiger partial charge is 0.244 e. The Morgan fingerprint density at radius 2 is 2.07 bits per heavy atom.